The van der Waals surface area contributed by atoms with E-state index in [4.69, 9.17) is 9.47 Å². The van der Waals surface area contributed by atoms with E-state index in [2.05, 4.69) is 51.1 Å². The van der Waals surface area contributed by atoms with Gasteiger partial charge in [0.25, 0.3) is 5.91 Å². The number of hydrogen-bond donors (Lipinski definition) is 2. The predicted octanol–water partition coefficient (Wildman–Crippen LogP) is 4.11. The van der Waals surface area contributed by atoms with Crippen molar-refractivity contribution in [2.75, 3.05) is 14.2 Å². The van der Waals surface area contributed by atoms with Crippen molar-refractivity contribution in [1.82, 2.24) is 15.6 Å². The maximum atomic E-state index is 12.6. The van der Waals surface area contributed by atoms with Crippen LogP contribution in [0.15, 0.2) is 59.7 Å². The summed E-state index contributed by atoms with van der Waals surface area (Å²) in [5.41, 5.74) is 8.02. The van der Waals surface area contributed by atoms with Crippen molar-refractivity contribution in [3.8, 4) is 22.8 Å². The van der Waals surface area contributed by atoms with Gasteiger partial charge in [-0.3, -0.25) is 9.89 Å². The molecule has 1 aliphatic rings. The van der Waals surface area contributed by atoms with Gasteiger partial charge in [-0.25, -0.2) is 5.43 Å². The van der Waals surface area contributed by atoms with Crippen molar-refractivity contribution in [1.29, 1.82) is 0 Å². The number of carbonyl (C=O) groups is 1. The number of aryl methyl sites for hydroxylation is 2. The molecule has 7 nitrogen and oxygen atoms in total. The Morgan fingerprint density at radius 3 is 2.69 bits per heavy atom. The normalized spacial score (nSPS) is 12.4. The summed E-state index contributed by atoms with van der Waals surface area (Å²) in [6.45, 7) is 0. The number of nitrogens with one attached hydrogen (secondary N) is 2. The first kappa shape index (κ1) is 19.8. The second kappa shape index (κ2) is 8.19. The Morgan fingerprint density at radius 1 is 1.06 bits per heavy atom. The summed E-state index contributed by atoms with van der Waals surface area (Å²) in [6, 6.07) is 17.8. The highest BCUT2D eigenvalue weighted by Gasteiger charge is 2.18. The van der Waals surface area contributed by atoms with E-state index in [1.54, 1.807) is 26.4 Å². The molecule has 1 aromatic heterocycles. The molecule has 0 bridgehead atoms. The van der Waals surface area contributed by atoms with Gasteiger partial charge >= 0.3 is 0 Å². The average Bonchev–Trinajstić information content (AvgIpc) is 3.48. The monoisotopic (exact) mass is 426 g/mol. The van der Waals surface area contributed by atoms with Gasteiger partial charge in [-0.2, -0.15) is 10.2 Å². The predicted molar refractivity (Wildman–Crippen MR) is 124 cm³/mol. The molecule has 2 N–H and O–H groups in total. The minimum Gasteiger partial charge on any atom is -0.493 e. The highest BCUT2D eigenvalue weighted by molar-refractivity contribution is 6.02. The average molecular weight is 426 g/mol. The van der Waals surface area contributed by atoms with Gasteiger partial charge in [-0.1, -0.05) is 36.4 Å². The number of methoxy groups -OCH3 is 2. The van der Waals surface area contributed by atoms with Gasteiger partial charge in [-0.15, -0.1) is 0 Å². The molecule has 1 heterocycles. The third kappa shape index (κ3) is 3.37. The zero-order chi connectivity index (χ0) is 22.1. The Bertz CT molecular complexity index is 1350. The lowest BCUT2D eigenvalue weighted by molar-refractivity contribution is 0.0950. The number of hydrazone groups is 1. The maximum absolute atomic E-state index is 12.6. The smallest absolute Gasteiger partial charge is 0.289 e. The van der Waals surface area contributed by atoms with Gasteiger partial charge < -0.3 is 9.47 Å². The van der Waals surface area contributed by atoms with Gasteiger partial charge in [0.05, 0.1) is 26.1 Å². The van der Waals surface area contributed by atoms with Crippen LogP contribution in [0.4, 0.5) is 0 Å². The molecular weight excluding hydrogens is 404 g/mol. The van der Waals surface area contributed by atoms with E-state index < -0.39 is 0 Å². The lowest BCUT2D eigenvalue weighted by atomic mass is 9.98. The second-order valence-corrected chi connectivity index (χ2v) is 7.56. The minimum atomic E-state index is -0.382. The van der Waals surface area contributed by atoms with Crippen LogP contribution >= 0.6 is 0 Å². The van der Waals surface area contributed by atoms with E-state index in [0.29, 0.717) is 22.8 Å². The van der Waals surface area contributed by atoms with E-state index in [0.717, 1.165) is 24.1 Å². The summed E-state index contributed by atoms with van der Waals surface area (Å²) in [6.07, 6.45) is 3.65. The molecule has 0 aliphatic heterocycles. The first-order valence-electron chi connectivity index (χ1n) is 10.3. The van der Waals surface area contributed by atoms with Crippen molar-refractivity contribution in [3.63, 3.8) is 0 Å². The van der Waals surface area contributed by atoms with Crippen LogP contribution in [0.3, 0.4) is 0 Å². The Morgan fingerprint density at radius 2 is 1.88 bits per heavy atom. The molecule has 0 radical (unpaired) electrons. The molecule has 0 fully saturated rings. The Balaban J connectivity index is 1.37. The van der Waals surface area contributed by atoms with Crippen LogP contribution in [0.5, 0.6) is 11.5 Å². The topological polar surface area (TPSA) is 88.6 Å². The number of hydrogen-bond acceptors (Lipinski definition) is 5. The van der Waals surface area contributed by atoms with Crippen LogP contribution in [0.1, 0.15) is 27.2 Å². The zero-order valence-corrected chi connectivity index (χ0v) is 17.8. The van der Waals surface area contributed by atoms with Gasteiger partial charge in [0.2, 0.25) is 0 Å². The molecule has 5 rings (SSSR count). The van der Waals surface area contributed by atoms with E-state index in [9.17, 15) is 4.79 Å². The Hall–Kier alpha value is -4.13. The summed E-state index contributed by atoms with van der Waals surface area (Å²) < 4.78 is 10.7. The van der Waals surface area contributed by atoms with Crippen molar-refractivity contribution < 1.29 is 14.3 Å². The molecule has 0 atom stereocenters. The number of nitrogens with zero attached hydrogens (tertiary/aromatic N) is 2. The molecule has 0 unspecified atom stereocenters. The molecule has 0 saturated carbocycles. The molecule has 32 heavy (non-hydrogen) atoms. The second-order valence-electron chi connectivity index (χ2n) is 7.56. The minimum absolute atomic E-state index is 0.331. The lowest BCUT2D eigenvalue weighted by Crippen LogP contribution is -2.18. The van der Waals surface area contributed by atoms with Crippen molar-refractivity contribution >= 4 is 22.9 Å². The molecule has 160 valence electrons. The molecule has 7 heteroatoms. The number of aromatic amines is 1. The number of ether oxygens (including phenoxy) is 2. The molecule has 1 amide bonds. The standard InChI is InChI=1S/C25H22N4O3/c1-31-22-8-4-6-17(24(22)32-2)14-26-29-25(30)21-13-20(27-28-21)18-12-11-16-10-9-15-5-3-7-19(18)23(15)16/h3-8,11-14H,9-10H2,1-2H3,(H,27,28)(H,29,30). The third-order valence-electron chi connectivity index (χ3n) is 5.78. The fourth-order valence-electron chi connectivity index (χ4n) is 4.28. The quantitative estimate of drug-likeness (QED) is 0.359. The summed E-state index contributed by atoms with van der Waals surface area (Å²) in [5, 5.41) is 13.7. The van der Waals surface area contributed by atoms with Gasteiger partial charge in [-0.05, 0) is 52.9 Å². The number of carbonyl (C=O) groups excluding carboxylic acids is 1. The van der Waals surface area contributed by atoms with Gasteiger partial charge in [0.1, 0.15) is 5.69 Å². The highest BCUT2D eigenvalue weighted by atomic mass is 16.5. The number of benzene rings is 3. The van der Waals surface area contributed by atoms with Gasteiger partial charge in [0, 0.05) is 11.1 Å². The lowest BCUT2D eigenvalue weighted by Gasteiger charge is -2.09. The van der Waals surface area contributed by atoms with E-state index in [1.165, 1.54) is 28.1 Å². The molecule has 3 aromatic carbocycles. The van der Waals surface area contributed by atoms with Crippen molar-refractivity contribution in [2.24, 2.45) is 5.10 Å². The number of H-pyrrole nitrogens is 1. The third-order valence-corrected chi connectivity index (χ3v) is 5.78. The fraction of sp³-hybridized carbons (Fsp3) is 0.160. The van der Waals surface area contributed by atoms with Crippen molar-refractivity contribution in [3.05, 3.63) is 77.0 Å². The highest BCUT2D eigenvalue weighted by Crippen LogP contribution is 2.36. The number of rotatable bonds is 6. The zero-order valence-electron chi connectivity index (χ0n) is 17.8. The van der Waals surface area contributed by atoms with Crippen LogP contribution in [0, 0.1) is 0 Å². The summed E-state index contributed by atoms with van der Waals surface area (Å²) in [7, 11) is 3.12. The first-order chi connectivity index (χ1) is 15.7. The molecule has 0 spiro atoms. The molecule has 1 aliphatic carbocycles. The van der Waals surface area contributed by atoms with Crippen LogP contribution in [0.25, 0.3) is 22.0 Å². The van der Waals surface area contributed by atoms with Crippen LogP contribution in [-0.2, 0) is 12.8 Å². The number of aromatic nitrogens is 2. The van der Waals surface area contributed by atoms with Crippen LogP contribution < -0.4 is 14.9 Å². The first-order valence-corrected chi connectivity index (χ1v) is 10.3. The van der Waals surface area contributed by atoms with E-state index in [-0.39, 0.29) is 5.91 Å². The summed E-state index contributed by atoms with van der Waals surface area (Å²) in [4.78, 5) is 12.6. The summed E-state index contributed by atoms with van der Waals surface area (Å²) in [5.74, 6) is 0.753. The largest absolute Gasteiger partial charge is 0.493 e. The number of para-hydroxylation sites is 1. The summed E-state index contributed by atoms with van der Waals surface area (Å²) >= 11 is 0. The Labute approximate surface area is 185 Å². The fourth-order valence-corrected chi connectivity index (χ4v) is 4.28. The van der Waals surface area contributed by atoms with Gasteiger partial charge in [0.15, 0.2) is 11.5 Å². The Kier molecular flexibility index (Phi) is 5.07. The molecule has 0 saturated heterocycles. The maximum Gasteiger partial charge on any atom is 0.289 e. The molecule has 4 aromatic rings. The van der Waals surface area contributed by atoms with Crippen LogP contribution in [0.2, 0.25) is 0 Å². The van der Waals surface area contributed by atoms with E-state index >= 15 is 0 Å². The number of amides is 1. The van der Waals surface area contributed by atoms with Crippen LogP contribution in [-0.4, -0.2) is 36.5 Å². The molecular formula is C25H22N4O3. The SMILES string of the molecule is COc1cccc(C=NNC(=O)c2cc(-c3ccc4c5c(cccc35)CC4)n[nH]2)c1OC. The van der Waals surface area contributed by atoms with Crippen molar-refractivity contribution in [2.45, 2.75) is 12.8 Å². The van der Waals surface area contributed by atoms with E-state index in [1.807, 2.05) is 12.1 Å².